The van der Waals surface area contributed by atoms with Crippen LogP contribution < -0.4 is 10.7 Å². The van der Waals surface area contributed by atoms with Crippen LogP contribution in [0.5, 0.6) is 0 Å². The van der Waals surface area contributed by atoms with Crippen molar-refractivity contribution in [2.75, 3.05) is 51.8 Å². The van der Waals surface area contributed by atoms with Crippen LogP contribution in [-0.4, -0.2) is 87.5 Å². The molecule has 1 aliphatic carbocycles. The van der Waals surface area contributed by atoms with E-state index in [0.717, 1.165) is 56.0 Å². The van der Waals surface area contributed by atoms with E-state index >= 15 is 0 Å². The highest BCUT2D eigenvalue weighted by molar-refractivity contribution is 7.90. The van der Waals surface area contributed by atoms with Crippen LogP contribution in [0, 0.1) is 23.0 Å². The van der Waals surface area contributed by atoms with Crippen molar-refractivity contribution in [3.8, 4) is 0 Å². The van der Waals surface area contributed by atoms with Crippen LogP contribution in [0.25, 0.3) is 5.70 Å². The Morgan fingerprint density at radius 3 is 2.51 bits per heavy atom. The molecular weight excluding hydrogens is 522 g/mol. The quantitative estimate of drug-likeness (QED) is 0.554. The molecule has 0 radical (unpaired) electrons. The molecule has 0 aromatic heterocycles. The Balaban J connectivity index is 1.36. The molecule has 0 bridgehead atoms. The first-order chi connectivity index (χ1) is 18.5. The zero-order valence-corrected chi connectivity index (χ0v) is 23.9. The van der Waals surface area contributed by atoms with E-state index in [-0.39, 0.29) is 28.9 Å². The van der Waals surface area contributed by atoms with Gasteiger partial charge in [-0.2, -0.15) is 0 Å². The molecule has 3 atom stereocenters. The number of nitrogens with one attached hydrogen (secondary N) is 2. The van der Waals surface area contributed by atoms with Crippen molar-refractivity contribution in [2.45, 2.75) is 33.0 Å². The molecular formula is C28H38F2N6O2S. The number of hydrazine groups is 1. The Bertz CT molecular complexity index is 1330. The van der Waals surface area contributed by atoms with Crippen molar-refractivity contribution in [3.63, 3.8) is 0 Å². The number of rotatable bonds is 6. The van der Waals surface area contributed by atoms with E-state index in [1.165, 1.54) is 24.5 Å². The maximum atomic E-state index is 14.6. The third-order valence-electron chi connectivity index (χ3n) is 8.44. The molecule has 2 N–H and O–H groups in total. The van der Waals surface area contributed by atoms with Gasteiger partial charge in [0.1, 0.15) is 21.5 Å². The molecule has 39 heavy (non-hydrogen) atoms. The van der Waals surface area contributed by atoms with E-state index in [0.29, 0.717) is 12.2 Å². The molecule has 1 saturated heterocycles. The summed E-state index contributed by atoms with van der Waals surface area (Å²) >= 11 is 0. The van der Waals surface area contributed by atoms with Gasteiger partial charge < -0.3 is 5.32 Å². The SMILES string of the molecule is C[C@H]1CC[C@](C)(C2=CC=NC(N3CCN(CCS(C)(=O)=O)CC3)N2)C2=C1C=C(c1c(F)cccc1F)NN2C. The predicted molar refractivity (Wildman–Crippen MR) is 150 cm³/mol. The molecule has 0 spiro atoms. The fourth-order valence-corrected chi connectivity index (χ4v) is 6.74. The molecule has 0 amide bonds. The van der Waals surface area contributed by atoms with Gasteiger partial charge >= 0.3 is 0 Å². The monoisotopic (exact) mass is 560 g/mol. The lowest BCUT2D eigenvalue weighted by Crippen LogP contribution is -2.56. The van der Waals surface area contributed by atoms with E-state index in [4.69, 9.17) is 4.99 Å². The van der Waals surface area contributed by atoms with Crippen molar-refractivity contribution in [3.05, 3.63) is 64.5 Å². The molecule has 0 saturated carbocycles. The van der Waals surface area contributed by atoms with E-state index in [1.54, 1.807) is 0 Å². The average molecular weight is 561 g/mol. The molecule has 3 heterocycles. The highest BCUT2D eigenvalue weighted by Gasteiger charge is 2.44. The first-order valence-corrected chi connectivity index (χ1v) is 15.6. The lowest BCUT2D eigenvalue weighted by atomic mass is 9.68. The minimum absolute atomic E-state index is 0.0479. The number of aliphatic imine (C=N–C) groups is 1. The number of piperazine rings is 1. The predicted octanol–water partition coefficient (Wildman–Crippen LogP) is 2.95. The second-order valence-corrected chi connectivity index (χ2v) is 13.6. The minimum Gasteiger partial charge on any atom is -0.354 e. The van der Waals surface area contributed by atoms with Crippen LogP contribution >= 0.6 is 0 Å². The van der Waals surface area contributed by atoms with Gasteiger partial charge in [-0.1, -0.05) is 13.0 Å². The number of nitrogens with zero attached hydrogens (tertiary/aromatic N) is 4. The summed E-state index contributed by atoms with van der Waals surface area (Å²) in [5, 5.41) is 5.59. The summed E-state index contributed by atoms with van der Waals surface area (Å²) in [6, 6.07) is 3.93. The number of sulfone groups is 1. The molecule has 3 aliphatic heterocycles. The van der Waals surface area contributed by atoms with Gasteiger partial charge in [-0.25, -0.2) is 17.2 Å². The first kappa shape index (κ1) is 27.8. The van der Waals surface area contributed by atoms with Crippen LogP contribution in [0.1, 0.15) is 32.3 Å². The molecule has 4 aliphatic rings. The molecule has 1 aromatic rings. The fraction of sp³-hybridized carbons (Fsp3) is 0.536. The van der Waals surface area contributed by atoms with Crippen LogP contribution in [0.3, 0.4) is 0 Å². The van der Waals surface area contributed by atoms with Crippen molar-refractivity contribution < 1.29 is 17.2 Å². The third-order valence-corrected chi connectivity index (χ3v) is 9.36. The Hall–Kier alpha value is -2.76. The fourth-order valence-electron chi connectivity index (χ4n) is 6.15. The number of allylic oxidation sites excluding steroid dienone is 3. The summed E-state index contributed by atoms with van der Waals surface area (Å²) in [6.07, 6.45) is 8.72. The molecule has 1 fully saturated rings. The largest absolute Gasteiger partial charge is 0.354 e. The van der Waals surface area contributed by atoms with E-state index in [9.17, 15) is 17.2 Å². The number of hydrogen-bond donors (Lipinski definition) is 2. The van der Waals surface area contributed by atoms with Crippen LogP contribution in [0.2, 0.25) is 0 Å². The Morgan fingerprint density at radius 2 is 1.85 bits per heavy atom. The first-order valence-electron chi connectivity index (χ1n) is 13.5. The Labute approximate surface area is 230 Å². The van der Waals surface area contributed by atoms with Gasteiger partial charge in [0.25, 0.3) is 0 Å². The van der Waals surface area contributed by atoms with E-state index in [1.807, 2.05) is 30.4 Å². The van der Waals surface area contributed by atoms with Gasteiger partial charge in [0.05, 0.1) is 17.0 Å². The van der Waals surface area contributed by atoms with Crippen LogP contribution in [0.15, 0.2) is 52.3 Å². The lowest BCUT2D eigenvalue weighted by Gasteiger charge is -2.49. The summed E-state index contributed by atoms with van der Waals surface area (Å²) in [6.45, 7) is 8.09. The highest BCUT2D eigenvalue weighted by atomic mass is 32.2. The second-order valence-electron chi connectivity index (χ2n) is 11.3. The maximum absolute atomic E-state index is 14.6. The van der Waals surface area contributed by atoms with Crippen molar-refractivity contribution in [1.29, 1.82) is 0 Å². The zero-order valence-electron chi connectivity index (χ0n) is 23.0. The highest BCUT2D eigenvalue weighted by Crippen LogP contribution is 2.50. The van der Waals surface area contributed by atoms with Gasteiger partial charge in [-0.15, -0.1) is 0 Å². The van der Waals surface area contributed by atoms with E-state index < -0.39 is 21.5 Å². The standard InChI is InChI=1S/C28H38F2N6O2S/c1-19-8-10-28(2,26-20(19)18-23(33-34(26)3)25-21(29)6-5-7-22(25)30)24-9-11-31-27(32-24)36-14-12-35(13-15-36)16-17-39(4,37)38/h5-7,9,11,18-19,27,32-33H,8,10,12-17H2,1-4H3/t19-,27?,28+/m0/s1. The van der Waals surface area contributed by atoms with Gasteiger partial charge in [-0.3, -0.25) is 25.2 Å². The van der Waals surface area contributed by atoms with Crippen LogP contribution in [-0.2, 0) is 9.84 Å². The van der Waals surface area contributed by atoms with Crippen LogP contribution in [0.4, 0.5) is 8.78 Å². The van der Waals surface area contributed by atoms with Gasteiger partial charge in [0.15, 0.2) is 6.29 Å². The summed E-state index contributed by atoms with van der Waals surface area (Å²) < 4.78 is 52.4. The summed E-state index contributed by atoms with van der Waals surface area (Å²) in [5.41, 5.74) is 6.47. The van der Waals surface area contributed by atoms with E-state index in [2.05, 4.69) is 34.4 Å². The number of benzene rings is 1. The Morgan fingerprint density at radius 1 is 1.15 bits per heavy atom. The molecule has 1 unspecified atom stereocenters. The van der Waals surface area contributed by atoms with Gasteiger partial charge in [0, 0.05) is 69.1 Å². The summed E-state index contributed by atoms with van der Waals surface area (Å²) in [4.78, 5) is 9.18. The average Bonchev–Trinajstić information content (AvgIpc) is 2.89. The van der Waals surface area contributed by atoms with Crippen molar-refractivity contribution >= 4 is 21.7 Å². The van der Waals surface area contributed by atoms with Crippen molar-refractivity contribution in [1.82, 2.24) is 25.6 Å². The van der Waals surface area contributed by atoms with Gasteiger partial charge in [0.2, 0.25) is 0 Å². The number of hydrogen-bond acceptors (Lipinski definition) is 8. The Kier molecular flexibility index (Phi) is 7.60. The zero-order chi connectivity index (χ0) is 27.9. The second kappa shape index (κ2) is 10.7. The molecule has 1 aromatic carbocycles. The topological polar surface area (TPSA) is 80.3 Å². The molecule has 8 nitrogen and oxygen atoms in total. The maximum Gasteiger partial charge on any atom is 0.176 e. The molecule has 11 heteroatoms. The summed E-state index contributed by atoms with van der Waals surface area (Å²) in [5.74, 6) is -0.778. The number of halogens is 2. The van der Waals surface area contributed by atoms with Crippen molar-refractivity contribution in [2.24, 2.45) is 16.3 Å². The minimum atomic E-state index is -2.98. The summed E-state index contributed by atoms with van der Waals surface area (Å²) in [7, 11) is -1.07. The molecule has 212 valence electrons. The molecule has 5 rings (SSSR count). The smallest absolute Gasteiger partial charge is 0.176 e. The third kappa shape index (κ3) is 5.62. The normalized spacial score (nSPS) is 28.4. The van der Waals surface area contributed by atoms with Gasteiger partial charge in [-0.05, 0) is 55.5 Å². The lowest BCUT2D eigenvalue weighted by molar-refractivity contribution is 0.0868.